The van der Waals surface area contributed by atoms with E-state index in [2.05, 4.69) is 6.92 Å². The quantitative estimate of drug-likeness (QED) is 0.480. The number of rotatable bonds is 9. The molecule has 0 atom stereocenters. The minimum Gasteiger partial charge on any atom is -0.496 e. The zero-order valence-electron chi connectivity index (χ0n) is 15.5. The van der Waals surface area contributed by atoms with Crippen LogP contribution in [0.4, 0.5) is 0 Å². The third-order valence-corrected chi connectivity index (χ3v) is 5.18. The third-order valence-electron chi connectivity index (χ3n) is 4.09. The average molecular weight is 362 g/mol. The molecule has 25 heavy (non-hydrogen) atoms. The maximum Gasteiger partial charge on any atom is 0.267 e. The number of nitrogens with zero attached hydrogens (tertiary/aromatic N) is 1. The van der Waals surface area contributed by atoms with Crippen molar-refractivity contribution in [1.82, 2.24) is 4.90 Å². The summed E-state index contributed by atoms with van der Waals surface area (Å²) in [5.74, 6) is 0.253. The molecule has 0 spiro atoms. The Bertz CT molecular complexity index is 667. The van der Waals surface area contributed by atoms with Gasteiger partial charge in [-0.05, 0) is 12.5 Å². The first-order valence-electron chi connectivity index (χ1n) is 8.91. The Hall–Kier alpha value is -1.75. The molecule has 0 aliphatic carbocycles. The fourth-order valence-electron chi connectivity index (χ4n) is 2.89. The van der Waals surface area contributed by atoms with Crippen LogP contribution >= 0.6 is 11.8 Å². The van der Waals surface area contributed by atoms with E-state index >= 15 is 0 Å². The summed E-state index contributed by atoms with van der Waals surface area (Å²) in [6.45, 7) is 6.68. The smallest absolute Gasteiger partial charge is 0.267 e. The molecular weight excluding hydrogens is 334 g/mol. The molecule has 1 aromatic carbocycles. The van der Waals surface area contributed by atoms with Gasteiger partial charge in [0.1, 0.15) is 5.75 Å². The van der Waals surface area contributed by atoms with E-state index in [1.807, 2.05) is 38.1 Å². The van der Waals surface area contributed by atoms with E-state index < -0.39 is 0 Å². The highest BCUT2D eigenvalue weighted by molar-refractivity contribution is 8.04. The van der Waals surface area contributed by atoms with E-state index in [9.17, 15) is 9.59 Å². The standard InChI is InChI=1S/C20H27NO3S/c1-5-6-7-10-13-21-19(22)17(18(20(21)23)25-14(2)3)15-11-8-9-12-16(15)24-4/h8-9,11-12,14H,5-7,10,13H2,1-4H3. The number of para-hydroxylation sites is 1. The Balaban J connectivity index is 2.36. The largest absolute Gasteiger partial charge is 0.496 e. The van der Waals surface area contributed by atoms with Crippen LogP contribution in [0.1, 0.15) is 52.0 Å². The van der Waals surface area contributed by atoms with Gasteiger partial charge in [-0.15, -0.1) is 11.8 Å². The van der Waals surface area contributed by atoms with Crippen LogP contribution in [0.15, 0.2) is 29.2 Å². The Labute approximate surface area is 154 Å². The monoisotopic (exact) mass is 361 g/mol. The highest BCUT2D eigenvalue weighted by Gasteiger charge is 2.40. The van der Waals surface area contributed by atoms with E-state index in [0.29, 0.717) is 28.3 Å². The molecule has 136 valence electrons. The molecule has 0 bridgehead atoms. The third kappa shape index (κ3) is 4.46. The molecule has 2 amide bonds. The summed E-state index contributed by atoms with van der Waals surface area (Å²) in [7, 11) is 1.58. The van der Waals surface area contributed by atoms with Crippen molar-refractivity contribution in [1.29, 1.82) is 0 Å². The first-order valence-corrected chi connectivity index (χ1v) is 9.79. The van der Waals surface area contributed by atoms with Gasteiger partial charge in [0.05, 0.1) is 17.6 Å². The molecule has 5 heteroatoms. The lowest BCUT2D eigenvalue weighted by Crippen LogP contribution is -2.32. The van der Waals surface area contributed by atoms with Crippen molar-refractivity contribution in [3.63, 3.8) is 0 Å². The second-order valence-corrected chi connectivity index (χ2v) is 7.98. The molecule has 2 rings (SSSR count). The maximum absolute atomic E-state index is 13.0. The molecule has 1 aliphatic heterocycles. The van der Waals surface area contributed by atoms with Crippen LogP contribution in [0.25, 0.3) is 5.57 Å². The van der Waals surface area contributed by atoms with Gasteiger partial charge in [-0.2, -0.15) is 0 Å². The van der Waals surface area contributed by atoms with Crippen molar-refractivity contribution in [2.24, 2.45) is 0 Å². The first-order chi connectivity index (χ1) is 12.0. The summed E-state index contributed by atoms with van der Waals surface area (Å²) in [6, 6.07) is 7.40. The van der Waals surface area contributed by atoms with Gasteiger partial charge in [0.25, 0.3) is 11.8 Å². The number of amides is 2. The number of methoxy groups -OCH3 is 1. The highest BCUT2D eigenvalue weighted by Crippen LogP contribution is 2.40. The van der Waals surface area contributed by atoms with Crippen LogP contribution in [0.2, 0.25) is 0 Å². The zero-order chi connectivity index (χ0) is 18.4. The lowest BCUT2D eigenvalue weighted by atomic mass is 10.0. The number of thioether (sulfide) groups is 1. The van der Waals surface area contributed by atoms with E-state index in [0.717, 1.165) is 25.7 Å². The van der Waals surface area contributed by atoms with Crippen LogP contribution in [0.5, 0.6) is 5.75 Å². The number of benzene rings is 1. The number of hydrogen-bond donors (Lipinski definition) is 0. The number of hydrogen-bond acceptors (Lipinski definition) is 4. The molecule has 1 aromatic rings. The van der Waals surface area contributed by atoms with Crippen molar-refractivity contribution in [2.75, 3.05) is 13.7 Å². The van der Waals surface area contributed by atoms with Crippen LogP contribution in [0, 0.1) is 0 Å². The molecule has 0 N–H and O–H groups in total. The molecule has 4 nitrogen and oxygen atoms in total. The maximum atomic E-state index is 13.0. The Morgan fingerprint density at radius 1 is 1.08 bits per heavy atom. The number of unbranched alkanes of at least 4 members (excludes halogenated alkanes) is 3. The minimum atomic E-state index is -0.200. The molecule has 0 fully saturated rings. The average Bonchev–Trinajstić information content (AvgIpc) is 2.82. The van der Waals surface area contributed by atoms with Gasteiger partial charge >= 0.3 is 0 Å². The topological polar surface area (TPSA) is 46.6 Å². The predicted molar refractivity (Wildman–Crippen MR) is 104 cm³/mol. The second-order valence-electron chi connectivity index (χ2n) is 6.39. The summed E-state index contributed by atoms with van der Waals surface area (Å²) in [6.07, 6.45) is 4.13. The van der Waals surface area contributed by atoms with Gasteiger partial charge in [-0.25, -0.2) is 0 Å². The lowest BCUT2D eigenvalue weighted by Gasteiger charge is -2.15. The van der Waals surface area contributed by atoms with E-state index in [1.165, 1.54) is 16.7 Å². The fraction of sp³-hybridized carbons (Fsp3) is 0.500. The van der Waals surface area contributed by atoms with E-state index in [1.54, 1.807) is 7.11 Å². The summed E-state index contributed by atoms with van der Waals surface area (Å²) < 4.78 is 5.42. The Morgan fingerprint density at radius 3 is 2.44 bits per heavy atom. The molecule has 1 aliphatic rings. The van der Waals surface area contributed by atoms with Crippen LogP contribution in [-0.2, 0) is 9.59 Å². The van der Waals surface area contributed by atoms with Gasteiger partial charge in [0, 0.05) is 17.4 Å². The second kappa shape index (κ2) is 9.09. The van der Waals surface area contributed by atoms with Crippen molar-refractivity contribution in [2.45, 2.75) is 51.7 Å². The molecule has 0 radical (unpaired) electrons. The number of carbonyl (C=O) groups is 2. The van der Waals surface area contributed by atoms with Crippen LogP contribution in [-0.4, -0.2) is 35.6 Å². The van der Waals surface area contributed by atoms with Crippen LogP contribution < -0.4 is 4.74 Å². The SMILES string of the molecule is CCCCCCN1C(=O)C(SC(C)C)=C(c2ccccc2OC)C1=O. The van der Waals surface area contributed by atoms with Crippen molar-refractivity contribution >= 4 is 29.1 Å². The van der Waals surface area contributed by atoms with Crippen molar-refractivity contribution < 1.29 is 14.3 Å². The van der Waals surface area contributed by atoms with Crippen molar-refractivity contribution in [3.05, 3.63) is 34.7 Å². The summed E-state index contributed by atoms with van der Waals surface area (Å²) in [4.78, 5) is 27.8. The van der Waals surface area contributed by atoms with E-state index in [-0.39, 0.29) is 17.1 Å². The Morgan fingerprint density at radius 2 is 1.80 bits per heavy atom. The normalized spacial score (nSPS) is 14.8. The van der Waals surface area contributed by atoms with Gasteiger partial charge < -0.3 is 4.74 Å². The fourth-order valence-corrected chi connectivity index (χ4v) is 3.88. The molecule has 0 saturated heterocycles. The summed E-state index contributed by atoms with van der Waals surface area (Å²) >= 11 is 1.46. The van der Waals surface area contributed by atoms with Crippen LogP contribution in [0.3, 0.4) is 0 Å². The molecule has 1 heterocycles. The molecular formula is C20H27NO3S. The Kier molecular flexibility index (Phi) is 7.12. The minimum absolute atomic E-state index is 0.166. The zero-order valence-corrected chi connectivity index (χ0v) is 16.3. The number of carbonyl (C=O) groups excluding carboxylic acids is 2. The van der Waals surface area contributed by atoms with Crippen molar-refractivity contribution in [3.8, 4) is 5.75 Å². The molecule has 0 aromatic heterocycles. The summed E-state index contributed by atoms with van der Waals surface area (Å²) in [5, 5.41) is 0.219. The first kappa shape index (κ1) is 19.6. The highest BCUT2D eigenvalue weighted by atomic mass is 32.2. The molecule has 0 saturated carbocycles. The van der Waals surface area contributed by atoms with Gasteiger partial charge in [0.2, 0.25) is 0 Å². The summed E-state index contributed by atoms with van der Waals surface area (Å²) in [5.41, 5.74) is 1.18. The number of ether oxygens (including phenoxy) is 1. The van der Waals surface area contributed by atoms with E-state index in [4.69, 9.17) is 4.74 Å². The van der Waals surface area contributed by atoms with Gasteiger partial charge in [-0.1, -0.05) is 58.2 Å². The predicted octanol–water partition coefficient (Wildman–Crippen LogP) is 4.50. The number of imide groups is 1. The molecule has 0 unspecified atom stereocenters. The van der Waals surface area contributed by atoms with Gasteiger partial charge in [0.15, 0.2) is 0 Å². The lowest BCUT2D eigenvalue weighted by molar-refractivity contribution is -0.136. The van der Waals surface area contributed by atoms with Gasteiger partial charge in [-0.3, -0.25) is 14.5 Å².